The summed E-state index contributed by atoms with van der Waals surface area (Å²) >= 11 is 0. The molecule has 0 saturated carbocycles. The fourth-order valence-electron chi connectivity index (χ4n) is 2.45. The smallest absolute Gasteiger partial charge is 0.326 e. The fourth-order valence-corrected chi connectivity index (χ4v) is 2.45. The molecule has 0 aliphatic rings. The van der Waals surface area contributed by atoms with Crippen LogP contribution in [0.3, 0.4) is 0 Å². The summed E-state index contributed by atoms with van der Waals surface area (Å²) < 4.78 is 0. The number of nitrogens with zero attached hydrogens (tertiary/aromatic N) is 1. The van der Waals surface area contributed by atoms with Gasteiger partial charge in [0.1, 0.15) is 12.1 Å². The van der Waals surface area contributed by atoms with Gasteiger partial charge in [-0.2, -0.15) is 0 Å². The van der Waals surface area contributed by atoms with Crippen molar-refractivity contribution in [2.75, 3.05) is 6.54 Å². The number of H-pyrrole nitrogens is 1. The summed E-state index contributed by atoms with van der Waals surface area (Å²) in [6.45, 7) is -0.626. The SMILES string of the molecule is NC(=O)CC(NC(=O)CNC(=O)C(N)CCC(=O)O)C(=O)NC(Cc1cnc[nH]1)C(=O)O. The highest BCUT2D eigenvalue weighted by atomic mass is 16.4. The Balaban J connectivity index is 2.67. The predicted molar refractivity (Wildman–Crippen MR) is 105 cm³/mol. The topological polar surface area (TPSA) is 260 Å². The maximum atomic E-state index is 12.5. The first-order valence-corrected chi connectivity index (χ1v) is 9.32. The van der Waals surface area contributed by atoms with Crippen molar-refractivity contribution in [3.63, 3.8) is 0 Å². The second kappa shape index (κ2) is 12.6. The molecule has 1 rings (SSSR count). The molecule has 3 unspecified atom stereocenters. The van der Waals surface area contributed by atoms with Crippen molar-refractivity contribution in [2.45, 2.75) is 43.8 Å². The number of rotatable bonds is 14. The van der Waals surface area contributed by atoms with Crippen LogP contribution in [-0.4, -0.2) is 80.4 Å². The number of amides is 4. The predicted octanol–water partition coefficient (Wildman–Crippen LogP) is -3.81. The van der Waals surface area contributed by atoms with Crippen molar-refractivity contribution in [1.29, 1.82) is 0 Å². The van der Waals surface area contributed by atoms with Crippen LogP contribution in [0.5, 0.6) is 0 Å². The van der Waals surface area contributed by atoms with Gasteiger partial charge in [-0.25, -0.2) is 9.78 Å². The highest BCUT2D eigenvalue weighted by Gasteiger charge is 2.28. The van der Waals surface area contributed by atoms with Crippen molar-refractivity contribution in [3.8, 4) is 0 Å². The van der Waals surface area contributed by atoms with Gasteiger partial charge in [-0.3, -0.25) is 24.0 Å². The van der Waals surface area contributed by atoms with Gasteiger partial charge in [0.05, 0.1) is 25.3 Å². The molecule has 10 N–H and O–H groups in total. The number of hydrogen-bond acceptors (Lipinski definition) is 8. The van der Waals surface area contributed by atoms with Crippen LogP contribution in [0.25, 0.3) is 0 Å². The second-order valence-electron chi connectivity index (χ2n) is 6.73. The fraction of sp³-hybridized carbons (Fsp3) is 0.471. The van der Waals surface area contributed by atoms with Gasteiger partial charge in [-0.15, -0.1) is 0 Å². The van der Waals surface area contributed by atoms with Crippen LogP contribution >= 0.6 is 0 Å². The minimum atomic E-state index is -1.50. The molecule has 0 fully saturated rings. The summed E-state index contributed by atoms with van der Waals surface area (Å²) in [7, 11) is 0. The van der Waals surface area contributed by atoms with Crippen molar-refractivity contribution < 1.29 is 39.0 Å². The molecule has 0 radical (unpaired) electrons. The van der Waals surface area contributed by atoms with E-state index >= 15 is 0 Å². The maximum absolute atomic E-state index is 12.5. The Morgan fingerprint density at radius 2 is 1.75 bits per heavy atom. The molecule has 0 aliphatic carbocycles. The van der Waals surface area contributed by atoms with E-state index in [1.54, 1.807) is 0 Å². The third-order valence-electron chi connectivity index (χ3n) is 4.08. The Morgan fingerprint density at radius 3 is 2.28 bits per heavy atom. The summed E-state index contributed by atoms with van der Waals surface area (Å²) in [5.41, 5.74) is 11.0. The van der Waals surface area contributed by atoms with Crippen LogP contribution in [0, 0.1) is 0 Å². The van der Waals surface area contributed by atoms with Crippen LogP contribution in [0.15, 0.2) is 12.5 Å². The summed E-state index contributed by atoms with van der Waals surface area (Å²) in [6.07, 6.45) is 1.44. The van der Waals surface area contributed by atoms with Gasteiger partial charge >= 0.3 is 11.9 Å². The average Bonchev–Trinajstić information content (AvgIpc) is 3.21. The van der Waals surface area contributed by atoms with Crippen LogP contribution in [-0.2, 0) is 35.2 Å². The number of aromatic nitrogens is 2. The monoisotopic (exact) mass is 455 g/mol. The molecule has 15 heteroatoms. The summed E-state index contributed by atoms with van der Waals surface area (Å²) in [6, 6.07) is -4.05. The molecule has 3 atom stereocenters. The quantitative estimate of drug-likeness (QED) is 0.135. The molecule has 176 valence electrons. The van der Waals surface area contributed by atoms with Gasteiger partial charge in [-0.05, 0) is 6.42 Å². The normalized spacial score (nSPS) is 13.3. The molecule has 1 aromatic rings. The van der Waals surface area contributed by atoms with E-state index in [0.29, 0.717) is 5.69 Å². The zero-order chi connectivity index (χ0) is 24.3. The van der Waals surface area contributed by atoms with Gasteiger partial charge in [0.15, 0.2) is 0 Å². The van der Waals surface area contributed by atoms with Crippen LogP contribution in [0.4, 0.5) is 0 Å². The number of carbonyl (C=O) groups is 6. The standard InChI is InChI=1S/C17H25N7O8/c18-9(1-2-14(27)28)15(29)21-6-13(26)23-10(4-12(19)25)16(30)24-11(17(31)32)3-8-5-20-7-22-8/h5,7,9-11H,1-4,6,18H2,(H2,19,25)(H,20,22)(H,21,29)(H,23,26)(H,24,30)(H,27,28)(H,31,32). The Morgan fingerprint density at radius 1 is 1.06 bits per heavy atom. The molecule has 4 amide bonds. The van der Waals surface area contributed by atoms with E-state index in [2.05, 4.69) is 25.9 Å². The van der Waals surface area contributed by atoms with E-state index in [1.165, 1.54) is 12.5 Å². The molecule has 1 aromatic heterocycles. The molecule has 15 nitrogen and oxygen atoms in total. The van der Waals surface area contributed by atoms with E-state index in [9.17, 15) is 33.9 Å². The number of primary amides is 1. The third kappa shape index (κ3) is 9.66. The molecule has 1 heterocycles. The average molecular weight is 455 g/mol. The van der Waals surface area contributed by atoms with Gasteiger partial charge in [0, 0.05) is 24.7 Å². The molecular weight excluding hydrogens is 430 g/mol. The number of imidazole rings is 1. The van der Waals surface area contributed by atoms with Crippen molar-refractivity contribution in [1.82, 2.24) is 25.9 Å². The minimum Gasteiger partial charge on any atom is -0.481 e. The van der Waals surface area contributed by atoms with Gasteiger partial charge in [0.2, 0.25) is 23.6 Å². The highest BCUT2D eigenvalue weighted by Crippen LogP contribution is 2.01. The van der Waals surface area contributed by atoms with Gasteiger partial charge in [-0.1, -0.05) is 0 Å². The number of hydrogen-bond donors (Lipinski definition) is 8. The number of carboxylic acid groups (broad SMARTS) is 2. The molecule has 0 saturated heterocycles. The number of carboxylic acids is 2. The molecule has 0 aliphatic heterocycles. The summed E-state index contributed by atoms with van der Waals surface area (Å²) in [5.74, 6) is -6.09. The minimum absolute atomic E-state index is 0.136. The number of carbonyl (C=O) groups excluding carboxylic acids is 4. The van der Waals surface area contributed by atoms with Crippen LogP contribution in [0.2, 0.25) is 0 Å². The van der Waals surface area contributed by atoms with E-state index in [-0.39, 0.29) is 19.3 Å². The third-order valence-corrected chi connectivity index (χ3v) is 4.08. The summed E-state index contributed by atoms with van der Waals surface area (Å²) in [4.78, 5) is 76.0. The van der Waals surface area contributed by atoms with E-state index in [4.69, 9.17) is 16.6 Å². The van der Waals surface area contributed by atoms with E-state index in [1.807, 2.05) is 0 Å². The first-order valence-electron chi connectivity index (χ1n) is 9.32. The number of aromatic amines is 1. The van der Waals surface area contributed by atoms with E-state index < -0.39 is 66.7 Å². The first kappa shape index (κ1) is 26.0. The zero-order valence-corrected chi connectivity index (χ0v) is 16.9. The van der Waals surface area contributed by atoms with Crippen LogP contribution < -0.4 is 27.4 Å². The lowest BCUT2D eigenvalue weighted by Gasteiger charge is -2.20. The highest BCUT2D eigenvalue weighted by molar-refractivity contribution is 5.95. The van der Waals surface area contributed by atoms with Gasteiger partial charge in [0.25, 0.3) is 0 Å². The van der Waals surface area contributed by atoms with Crippen molar-refractivity contribution in [2.24, 2.45) is 11.5 Å². The Bertz CT molecular complexity index is 842. The first-order chi connectivity index (χ1) is 15.0. The Labute approximate surface area is 181 Å². The molecule has 0 aromatic carbocycles. The second-order valence-corrected chi connectivity index (χ2v) is 6.73. The summed E-state index contributed by atoms with van der Waals surface area (Å²) in [5, 5.41) is 24.5. The van der Waals surface area contributed by atoms with Crippen molar-refractivity contribution in [3.05, 3.63) is 18.2 Å². The molecule has 0 bridgehead atoms. The molecule has 0 spiro atoms. The Kier molecular flexibility index (Phi) is 10.3. The van der Waals surface area contributed by atoms with Crippen LogP contribution in [0.1, 0.15) is 25.0 Å². The zero-order valence-electron chi connectivity index (χ0n) is 16.9. The number of nitrogens with two attached hydrogens (primary N) is 2. The number of aliphatic carboxylic acids is 2. The molecular formula is C17H25N7O8. The molecule has 32 heavy (non-hydrogen) atoms. The lowest BCUT2D eigenvalue weighted by molar-refractivity contribution is -0.142. The number of nitrogens with one attached hydrogen (secondary N) is 4. The van der Waals surface area contributed by atoms with Crippen molar-refractivity contribution >= 4 is 35.6 Å². The maximum Gasteiger partial charge on any atom is 0.326 e. The lowest BCUT2D eigenvalue weighted by Crippen LogP contribution is -2.55. The Hall–Kier alpha value is -4.01. The largest absolute Gasteiger partial charge is 0.481 e. The van der Waals surface area contributed by atoms with E-state index in [0.717, 1.165) is 0 Å². The lowest BCUT2D eigenvalue weighted by atomic mass is 10.1. The van der Waals surface area contributed by atoms with Gasteiger partial charge < -0.3 is 42.6 Å².